The van der Waals surface area contributed by atoms with E-state index in [4.69, 9.17) is 15.7 Å². The number of H-pyrrole nitrogens is 1. The smallest absolute Gasteiger partial charge is 0.423 e. The van der Waals surface area contributed by atoms with Crippen molar-refractivity contribution in [2.24, 2.45) is 5.73 Å². The topological polar surface area (TPSA) is 153 Å². The predicted octanol–water partition coefficient (Wildman–Crippen LogP) is 0.399. The third-order valence-corrected chi connectivity index (χ3v) is 6.04. The molecule has 34 heavy (non-hydrogen) atoms. The van der Waals surface area contributed by atoms with Crippen LogP contribution in [0.4, 0.5) is 5.82 Å². The first-order valence-electron chi connectivity index (χ1n) is 10.9. The lowest BCUT2D eigenvalue weighted by atomic mass is 9.79. The summed E-state index contributed by atoms with van der Waals surface area (Å²) in [6.45, 7) is 2.03. The summed E-state index contributed by atoms with van der Waals surface area (Å²) in [5.41, 5.74) is 10.3. The number of aromatic nitrogens is 4. The number of nitrogens with two attached hydrogens (primary N) is 1. The highest BCUT2D eigenvalue weighted by Gasteiger charge is 2.23. The zero-order valence-corrected chi connectivity index (χ0v) is 18.6. The molecule has 11 heteroatoms. The lowest BCUT2D eigenvalue weighted by Crippen LogP contribution is -2.30. The van der Waals surface area contributed by atoms with Gasteiger partial charge in [0.25, 0.3) is 5.91 Å². The zero-order chi connectivity index (χ0) is 23.8. The molecule has 4 aromatic rings. The SMILES string of the molecule is CN1CCc2nc(-c3n[nH]c4c(C(N)=O)cccc34)nc(NCc3cccc(B(O)O)c3)c2C1. The van der Waals surface area contributed by atoms with Gasteiger partial charge < -0.3 is 26.0 Å². The van der Waals surface area contributed by atoms with Gasteiger partial charge >= 0.3 is 7.12 Å². The van der Waals surface area contributed by atoms with Crippen LogP contribution >= 0.6 is 0 Å². The Morgan fingerprint density at radius 3 is 2.85 bits per heavy atom. The van der Waals surface area contributed by atoms with Crippen molar-refractivity contribution in [3.8, 4) is 11.5 Å². The number of carbonyl (C=O) groups excluding carboxylic acids is 1. The van der Waals surface area contributed by atoms with Crippen LogP contribution in [-0.2, 0) is 19.5 Å². The molecule has 5 rings (SSSR count). The van der Waals surface area contributed by atoms with Crippen molar-refractivity contribution >= 4 is 35.2 Å². The molecule has 0 radical (unpaired) electrons. The molecule has 172 valence electrons. The minimum absolute atomic E-state index is 0.361. The van der Waals surface area contributed by atoms with E-state index in [0.717, 1.165) is 35.2 Å². The van der Waals surface area contributed by atoms with Crippen LogP contribution in [-0.4, -0.2) is 61.7 Å². The summed E-state index contributed by atoms with van der Waals surface area (Å²) in [5.74, 6) is 0.620. The van der Waals surface area contributed by atoms with E-state index in [9.17, 15) is 14.8 Å². The molecule has 1 amide bonds. The average Bonchev–Trinajstić information content (AvgIpc) is 3.27. The molecule has 0 saturated heterocycles. The van der Waals surface area contributed by atoms with Crippen LogP contribution in [0.25, 0.3) is 22.4 Å². The summed E-state index contributed by atoms with van der Waals surface area (Å²) < 4.78 is 0. The number of rotatable bonds is 6. The van der Waals surface area contributed by atoms with Gasteiger partial charge in [0.1, 0.15) is 11.5 Å². The molecule has 2 aromatic heterocycles. The summed E-state index contributed by atoms with van der Waals surface area (Å²) in [6.07, 6.45) is 0.775. The van der Waals surface area contributed by atoms with E-state index in [0.29, 0.717) is 47.0 Å². The number of nitrogens with zero attached hydrogens (tertiary/aromatic N) is 4. The Hall–Kier alpha value is -3.80. The predicted molar refractivity (Wildman–Crippen MR) is 129 cm³/mol. The van der Waals surface area contributed by atoms with Crippen molar-refractivity contribution in [3.63, 3.8) is 0 Å². The molecule has 1 aliphatic heterocycles. The van der Waals surface area contributed by atoms with Crippen LogP contribution in [0, 0.1) is 0 Å². The maximum absolute atomic E-state index is 11.8. The minimum atomic E-state index is -1.52. The van der Waals surface area contributed by atoms with E-state index in [1.54, 1.807) is 30.3 Å². The third-order valence-electron chi connectivity index (χ3n) is 6.04. The molecule has 0 unspecified atom stereocenters. The van der Waals surface area contributed by atoms with E-state index in [1.165, 1.54) is 0 Å². The number of carbonyl (C=O) groups is 1. The van der Waals surface area contributed by atoms with E-state index in [1.807, 2.05) is 12.1 Å². The van der Waals surface area contributed by atoms with Crippen LogP contribution in [0.15, 0.2) is 42.5 Å². The van der Waals surface area contributed by atoms with Crippen molar-refractivity contribution < 1.29 is 14.8 Å². The Labute approximate surface area is 196 Å². The summed E-state index contributed by atoms with van der Waals surface area (Å²) in [5, 5.41) is 30.4. The number of amides is 1. The maximum atomic E-state index is 11.8. The van der Waals surface area contributed by atoms with Gasteiger partial charge in [-0.05, 0) is 24.1 Å². The molecule has 2 aromatic carbocycles. The minimum Gasteiger partial charge on any atom is -0.423 e. The largest absolute Gasteiger partial charge is 0.488 e. The summed E-state index contributed by atoms with van der Waals surface area (Å²) in [6, 6.07) is 12.4. The molecule has 0 aliphatic carbocycles. The Bertz CT molecular complexity index is 1390. The lowest BCUT2D eigenvalue weighted by Gasteiger charge is -2.26. The molecule has 0 saturated carbocycles. The van der Waals surface area contributed by atoms with Crippen molar-refractivity contribution in [3.05, 3.63) is 64.8 Å². The number of nitrogens with one attached hydrogen (secondary N) is 2. The Kier molecular flexibility index (Phi) is 5.74. The first kappa shape index (κ1) is 22.0. The number of aromatic amines is 1. The monoisotopic (exact) mass is 457 g/mol. The fourth-order valence-electron chi connectivity index (χ4n) is 4.27. The first-order chi connectivity index (χ1) is 16.4. The second kappa shape index (κ2) is 8.86. The first-order valence-corrected chi connectivity index (χ1v) is 10.9. The number of hydrogen-bond acceptors (Lipinski definition) is 8. The molecule has 0 bridgehead atoms. The fourth-order valence-corrected chi connectivity index (χ4v) is 4.27. The van der Waals surface area contributed by atoms with Gasteiger partial charge in [-0.15, -0.1) is 0 Å². The number of primary amides is 1. The van der Waals surface area contributed by atoms with E-state index in [-0.39, 0.29) is 0 Å². The molecule has 0 spiro atoms. The number of benzene rings is 2. The summed E-state index contributed by atoms with van der Waals surface area (Å²) in [4.78, 5) is 23.7. The Morgan fingerprint density at radius 2 is 2.06 bits per heavy atom. The van der Waals surface area contributed by atoms with E-state index < -0.39 is 13.0 Å². The molecule has 3 heterocycles. The van der Waals surface area contributed by atoms with Crippen molar-refractivity contribution in [1.29, 1.82) is 0 Å². The quantitative estimate of drug-likeness (QED) is 0.261. The van der Waals surface area contributed by atoms with Crippen LogP contribution in [0.5, 0.6) is 0 Å². The molecular weight excluding hydrogens is 433 g/mol. The van der Waals surface area contributed by atoms with Crippen molar-refractivity contribution in [2.45, 2.75) is 19.5 Å². The van der Waals surface area contributed by atoms with Crippen molar-refractivity contribution in [1.82, 2.24) is 25.1 Å². The van der Waals surface area contributed by atoms with Gasteiger partial charge in [-0.1, -0.05) is 36.4 Å². The number of para-hydroxylation sites is 1. The fraction of sp³-hybridized carbons (Fsp3) is 0.217. The van der Waals surface area contributed by atoms with E-state index >= 15 is 0 Å². The maximum Gasteiger partial charge on any atom is 0.488 e. The number of hydrogen-bond donors (Lipinski definition) is 5. The van der Waals surface area contributed by atoms with Gasteiger partial charge in [0, 0.05) is 37.0 Å². The average molecular weight is 457 g/mol. The molecule has 0 fully saturated rings. The highest BCUT2D eigenvalue weighted by atomic mass is 16.4. The highest BCUT2D eigenvalue weighted by Crippen LogP contribution is 2.30. The zero-order valence-electron chi connectivity index (χ0n) is 18.6. The third kappa shape index (κ3) is 4.12. The second-order valence-electron chi connectivity index (χ2n) is 8.45. The van der Waals surface area contributed by atoms with E-state index in [2.05, 4.69) is 27.5 Å². The molecule has 10 nitrogen and oxygen atoms in total. The molecule has 6 N–H and O–H groups in total. The van der Waals surface area contributed by atoms with Gasteiger partial charge in [0.05, 0.1) is 16.8 Å². The standard InChI is InChI=1S/C23H24BN7O3/c1-31-9-8-18-17(12-31)22(26-11-13-4-2-5-14(10-13)24(33)34)28-23(27-18)20-15-6-3-7-16(21(25)32)19(15)29-30-20/h2-7,10,33-34H,8-9,11-12H2,1H3,(H2,25,32)(H,29,30)(H,26,27,28). The number of likely N-dealkylation sites (N-methyl/N-ethyl adjacent to an activating group) is 1. The van der Waals surface area contributed by atoms with Crippen molar-refractivity contribution in [2.75, 3.05) is 18.9 Å². The second-order valence-corrected chi connectivity index (χ2v) is 8.45. The summed E-state index contributed by atoms with van der Waals surface area (Å²) >= 11 is 0. The van der Waals surface area contributed by atoms with Crippen LogP contribution < -0.4 is 16.5 Å². The molecule has 1 aliphatic rings. The Morgan fingerprint density at radius 1 is 1.24 bits per heavy atom. The normalized spacial score (nSPS) is 13.6. The van der Waals surface area contributed by atoms with Crippen LogP contribution in [0.1, 0.15) is 27.2 Å². The van der Waals surface area contributed by atoms with Gasteiger partial charge in [-0.2, -0.15) is 5.10 Å². The van der Waals surface area contributed by atoms with Gasteiger partial charge in [-0.25, -0.2) is 9.97 Å². The number of fused-ring (bicyclic) bond motifs is 2. The molecule has 0 atom stereocenters. The Balaban J connectivity index is 1.55. The highest BCUT2D eigenvalue weighted by molar-refractivity contribution is 6.58. The van der Waals surface area contributed by atoms with Gasteiger partial charge in [0.15, 0.2) is 5.82 Å². The van der Waals surface area contributed by atoms with Crippen LogP contribution in [0.2, 0.25) is 0 Å². The van der Waals surface area contributed by atoms with Crippen LogP contribution in [0.3, 0.4) is 0 Å². The number of anilines is 1. The lowest BCUT2D eigenvalue weighted by molar-refractivity contribution is 0.100. The molecular formula is C23H24BN7O3. The van der Waals surface area contributed by atoms with Gasteiger partial charge in [0.2, 0.25) is 0 Å². The summed E-state index contributed by atoms with van der Waals surface area (Å²) in [7, 11) is 0.532. The van der Waals surface area contributed by atoms with Gasteiger partial charge in [-0.3, -0.25) is 9.89 Å².